The average molecular weight is 161 g/mol. The number of hydrogen-bond donors (Lipinski definition) is 0. The van der Waals surface area contributed by atoms with Crippen molar-refractivity contribution in [2.24, 2.45) is 0 Å². The minimum atomic E-state index is -0.381. The molecule has 0 saturated carbocycles. The van der Waals surface area contributed by atoms with Crippen LogP contribution in [0.1, 0.15) is 26.7 Å². The van der Waals surface area contributed by atoms with E-state index >= 15 is 0 Å². The lowest BCUT2D eigenvalue weighted by atomic mass is 10.2. The van der Waals surface area contributed by atoms with Gasteiger partial charge in [-0.1, -0.05) is 19.4 Å². The number of unbranched alkanes of at least 4 members (excludes halogenated alkanes) is 1. The molecule has 0 spiro atoms. The van der Waals surface area contributed by atoms with Crippen LogP contribution in [0.5, 0.6) is 0 Å². The monoisotopic (exact) mass is 160 g/mol. The Bertz CT molecular complexity index is 127. The topological polar surface area (TPSA) is 17.1 Å². The van der Waals surface area contributed by atoms with Crippen molar-refractivity contribution in [3.63, 3.8) is 0 Å². The summed E-state index contributed by atoms with van der Waals surface area (Å²) in [6.07, 6.45) is 5.44. The number of alkyl halides is 1. The van der Waals surface area contributed by atoms with Crippen LogP contribution in [0, 0.1) is 0 Å². The number of rotatable bonds is 4. The van der Waals surface area contributed by atoms with E-state index in [1.807, 2.05) is 6.08 Å². The van der Waals surface area contributed by atoms with Crippen LogP contribution in [0.2, 0.25) is 0 Å². The summed E-state index contributed by atoms with van der Waals surface area (Å²) in [6.45, 7) is 3.75. The second-order valence-electron chi connectivity index (χ2n) is 2.21. The van der Waals surface area contributed by atoms with Crippen molar-refractivity contribution in [3.8, 4) is 0 Å². The molecule has 10 heavy (non-hydrogen) atoms. The smallest absolute Gasteiger partial charge is 0.172 e. The molecule has 0 amide bonds. The molecule has 0 fully saturated rings. The molecule has 58 valence electrons. The van der Waals surface area contributed by atoms with E-state index in [1.54, 1.807) is 13.0 Å². The molecule has 2 heteroatoms. The van der Waals surface area contributed by atoms with Crippen LogP contribution in [0.4, 0.5) is 0 Å². The molecule has 0 N–H and O–H groups in total. The number of carbonyl (C=O) groups excluding carboxylic acids is 1. The van der Waals surface area contributed by atoms with Crippen molar-refractivity contribution in [1.29, 1.82) is 0 Å². The fourth-order valence-corrected chi connectivity index (χ4v) is 0.571. The van der Waals surface area contributed by atoms with Crippen LogP contribution in [0.15, 0.2) is 12.2 Å². The van der Waals surface area contributed by atoms with Gasteiger partial charge in [-0.25, -0.2) is 0 Å². The summed E-state index contributed by atoms with van der Waals surface area (Å²) in [7, 11) is 0. The number of allylic oxidation sites excluding steroid dienone is 2. The van der Waals surface area contributed by atoms with E-state index in [1.165, 1.54) is 0 Å². The van der Waals surface area contributed by atoms with Gasteiger partial charge in [-0.2, -0.15) is 0 Å². The van der Waals surface area contributed by atoms with Gasteiger partial charge in [0.05, 0.1) is 5.38 Å². The highest BCUT2D eigenvalue weighted by atomic mass is 35.5. The normalized spacial score (nSPS) is 13.9. The molecule has 1 unspecified atom stereocenters. The van der Waals surface area contributed by atoms with E-state index < -0.39 is 0 Å². The van der Waals surface area contributed by atoms with Crippen LogP contribution in [-0.2, 0) is 4.79 Å². The largest absolute Gasteiger partial charge is 0.293 e. The molecule has 0 radical (unpaired) electrons. The molecule has 0 aliphatic heterocycles. The Balaban J connectivity index is 3.56. The molecule has 0 saturated heterocycles. The molecule has 0 aromatic carbocycles. The predicted molar refractivity (Wildman–Crippen MR) is 44.4 cm³/mol. The first-order chi connectivity index (χ1) is 4.68. The van der Waals surface area contributed by atoms with Crippen molar-refractivity contribution in [2.45, 2.75) is 32.1 Å². The zero-order valence-corrected chi connectivity index (χ0v) is 7.19. The summed E-state index contributed by atoms with van der Waals surface area (Å²) in [5.41, 5.74) is 0. The van der Waals surface area contributed by atoms with Gasteiger partial charge < -0.3 is 0 Å². The lowest BCUT2D eigenvalue weighted by molar-refractivity contribution is -0.114. The van der Waals surface area contributed by atoms with E-state index in [0.29, 0.717) is 0 Å². The lowest BCUT2D eigenvalue weighted by Gasteiger charge is -1.92. The Labute approximate surface area is 67.1 Å². The van der Waals surface area contributed by atoms with Gasteiger partial charge in [0.1, 0.15) is 0 Å². The molecule has 0 heterocycles. The fourth-order valence-electron chi connectivity index (χ4n) is 0.499. The van der Waals surface area contributed by atoms with Gasteiger partial charge in [0.15, 0.2) is 5.78 Å². The second-order valence-corrected chi connectivity index (χ2v) is 2.86. The highest BCUT2D eigenvalue weighted by Gasteiger charge is 2.02. The summed E-state index contributed by atoms with van der Waals surface area (Å²) in [4.78, 5) is 10.8. The average Bonchev–Trinajstić information content (AvgIpc) is 1.88. The van der Waals surface area contributed by atoms with Gasteiger partial charge >= 0.3 is 0 Å². The van der Waals surface area contributed by atoms with Gasteiger partial charge in [-0.3, -0.25) is 4.79 Å². The second kappa shape index (κ2) is 5.48. The summed E-state index contributed by atoms with van der Waals surface area (Å²) >= 11 is 5.51. The fraction of sp³-hybridized carbons (Fsp3) is 0.625. The lowest BCUT2D eigenvalue weighted by Crippen LogP contribution is -2.05. The summed E-state index contributed by atoms with van der Waals surface area (Å²) in [5, 5.41) is -0.381. The third-order valence-corrected chi connectivity index (χ3v) is 1.34. The predicted octanol–water partition coefficient (Wildman–Crippen LogP) is 2.54. The Morgan fingerprint density at radius 2 is 2.30 bits per heavy atom. The minimum Gasteiger partial charge on any atom is -0.293 e. The molecular formula is C8H13ClO. The molecule has 1 atom stereocenters. The Kier molecular flexibility index (Phi) is 5.32. The number of halogens is 1. The Hall–Kier alpha value is -0.300. The summed E-state index contributed by atoms with van der Waals surface area (Å²) < 4.78 is 0. The number of carbonyl (C=O) groups is 1. The number of hydrogen-bond acceptors (Lipinski definition) is 1. The number of ketones is 1. The van der Waals surface area contributed by atoms with Crippen LogP contribution in [0.3, 0.4) is 0 Å². The third-order valence-electron chi connectivity index (χ3n) is 1.13. The third kappa shape index (κ3) is 4.57. The van der Waals surface area contributed by atoms with Crippen LogP contribution >= 0.6 is 11.6 Å². The first-order valence-electron chi connectivity index (χ1n) is 3.53. The van der Waals surface area contributed by atoms with Gasteiger partial charge in [-0.15, -0.1) is 11.6 Å². The highest BCUT2D eigenvalue weighted by Crippen LogP contribution is 1.97. The van der Waals surface area contributed by atoms with Crippen molar-refractivity contribution >= 4 is 17.4 Å². The van der Waals surface area contributed by atoms with Crippen LogP contribution < -0.4 is 0 Å². The molecule has 0 aromatic heterocycles. The maximum absolute atomic E-state index is 10.8. The van der Waals surface area contributed by atoms with E-state index in [0.717, 1.165) is 12.8 Å². The van der Waals surface area contributed by atoms with Crippen LogP contribution in [0.25, 0.3) is 0 Å². The first-order valence-corrected chi connectivity index (χ1v) is 3.96. The van der Waals surface area contributed by atoms with Crippen molar-refractivity contribution < 1.29 is 4.79 Å². The standard InChI is InChI=1S/C8H13ClO/c1-3-4-5-6-8(10)7(2)9/h5-7H,3-4H2,1-2H3. The van der Waals surface area contributed by atoms with Crippen molar-refractivity contribution in [3.05, 3.63) is 12.2 Å². The molecule has 0 bridgehead atoms. The van der Waals surface area contributed by atoms with E-state index in [9.17, 15) is 4.79 Å². The van der Waals surface area contributed by atoms with Gasteiger partial charge in [-0.05, 0) is 19.4 Å². The van der Waals surface area contributed by atoms with Crippen molar-refractivity contribution in [2.75, 3.05) is 0 Å². The zero-order chi connectivity index (χ0) is 7.98. The molecule has 1 nitrogen and oxygen atoms in total. The molecule has 0 aliphatic rings. The summed E-state index contributed by atoms with van der Waals surface area (Å²) in [6, 6.07) is 0. The van der Waals surface area contributed by atoms with E-state index in [4.69, 9.17) is 11.6 Å². The van der Waals surface area contributed by atoms with Crippen molar-refractivity contribution in [1.82, 2.24) is 0 Å². The Morgan fingerprint density at radius 3 is 2.70 bits per heavy atom. The SMILES string of the molecule is CCCC=CC(=O)C(C)Cl. The summed E-state index contributed by atoms with van der Waals surface area (Å²) in [5.74, 6) is -0.00452. The van der Waals surface area contributed by atoms with Gasteiger partial charge in [0.2, 0.25) is 0 Å². The maximum atomic E-state index is 10.8. The molecule has 0 aliphatic carbocycles. The maximum Gasteiger partial charge on any atom is 0.172 e. The molecule has 0 aromatic rings. The Morgan fingerprint density at radius 1 is 1.70 bits per heavy atom. The molecular weight excluding hydrogens is 148 g/mol. The van der Waals surface area contributed by atoms with Gasteiger partial charge in [0.25, 0.3) is 0 Å². The van der Waals surface area contributed by atoms with E-state index in [-0.39, 0.29) is 11.2 Å². The zero-order valence-electron chi connectivity index (χ0n) is 6.43. The van der Waals surface area contributed by atoms with Gasteiger partial charge in [0, 0.05) is 0 Å². The quantitative estimate of drug-likeness (QED) is 0.456. The first kappa shape index (κ1) is 9.70. The molecule has 0 rings (SSSR count). The van der Waals surface area contributed by atoms with Crippen LogP contribution in [-0.4, -0.2) is 11.2 Å². The van der Waals surface area contributed by atoms with E-state index in [2.05, 4.69) is 6.92 Å². The highest BCUT2D eigenvalue weighted by molar-refractivity contribution is 6.32. The minimum absolute atomic E-state index is 0.00452.